The van der Waals surface area contributed by atoms with Gasteiger partial charge in [0.05, 0.1) is 5.56 Å². The molecule has 0 saturated carbocycles. The normalized spacial score (nSPS) is 11.0. The Bertz CT molecular complexity index is 724. The van der Waals surface area contributed by atoms with E-state index >= 15 is 0 Å². The van der Waals surface area contributed by atoms with Gasteiger partial charge in [-0.25, -0.2) is 13.2 Å². The third kappa shape index (κ3) is 4.22. The fraction of sp³-hybridized carbons (Fsp3) is 0.118. The van der Waals surface area contributed by atoms with Crippen molar-refractivity contribution in [3.8, 4) is 5.75 Å². The van der Waals surface area contributed by atoms with Crippen molar-refractivity contribution >= 4 is 21.7 Å². The zero-order valence-corrected chi connectivity index (χ0v) is 13.4. The van der Waals surface area contributed by atoms with Crippen LogP contribution in [-0.2, 0) is 0 Å². The number of carbonyl (C=O) groups excluding carboxylic acids is 1. The van der Waals surface area contributed by atoms with Crippen LogP contribution in [0.4, 0.5) is 13.2 Å². The van der Waals surface area contributed by atoms with Crippen molar-refractivity contribution in [1.29, 1.82) is 0 Å². The summed E-state index contributed by atoms with van der Waals surface area (Å²) in [6.45, 7) is 0.164. The second-order valence-corrected chi connectivity index (χ2v) is 5.16. The molecule has 0 spiro atoms. The standard InChI is InChI=1S/C17H12BrF3O2/c18-8-1-2-9-23-15-7-6-11(10-14(15)21)17(22)16-12(19)4-3-5-13(16)20/h1-7,10H,8-9H2. The predicted octanol–water partition coefficient (Wildman–Crippen LogP) is 4.66. The first-order chi connectivity index (χ1) is 11.0. The summed E-state index contributed by atoms with van der Waals surface area (Å²) in [6.07, 6.45) is 3.48. The molecule has 0 N–H and O–H groups in total. The molecule has 2 aromatic rings. The zero-order chi connectivity index (χ0) is 16.8. The predicted molar refractivity (Wildman–Crippen MR) is 84.6 cm³/mol. The molecule has 0 bridgehead atoms. The Hall–Kier alpha value is -2.08. The van der Waals surface area contributed by atoms with Crippen LogP contribution in [0.5, 0.6) is 5.75 Å². The molecule has 0 atom stereocenters. The van der Waals surface area contributed by atoms with Crippen molar-refractivity contribution in [2.24, 2.45) is 0 Å². The van der Waals surface area contributed by atoms with Crippen LogP contribution in [-0.4, -0.2) is 17.7 Å². The maximum Gasteiger partial charge on any atom is 0.199 e. The van der Waals surface area contributed by atoms with Crippen LogP contribution in [0.15, 0.2) is 48.6 Å². The van der Waals surface area contributed by atoms with Crippen molar-refractivity contribution in [1.82, 2.24) is 0 Å². The molecule has 0 aliphatic rings. The van der Waals surface area contributed by atoms with E-state index in [-0.39, 0.29) is 17.9 Å². The van der Waals surface area contributed by atoms with Gasteiger partial charge in [-0.1, -0.05) is 34.1 Å². The van der Waals surface area contributed by atoms with Crippen molar-refractivity contribution in [2.45, 2.75) is 0 Å². The molecule has 2 nitrogen and oxygen atoms in total. The number of rotatable bonds is 6. The van der Waals surface area contributed by atoms with Gasteiger partial charge < -0.3 is 4.74 Å². The lowest BCUT2D eigenvalue weighted by molar-refractivity contribution is 0.103. The van der Waals surface area contributed by atoms with E-state index in [0.29, 0.717) is 5.33 Å². The number of carbonyl (C=O) groups is 1. The third-order valence-corrected chi connectivity index (χ3v) is 3.35. The van der Waals surface area contributed by atoms with Crippen LogP contribution in [0, 0.1) is 17.5 Å². The van der Waals surface area contributed by atoms with Gasteiger partial charge in [0.2, 0.25) is 0 Å². The lowest BCUT2D eigenvalue weighted by Gasteiger charge is -2.08. The first-order valence-corrected chi connectivity index (χ1v) is 7.78. The van der Waals surface area contributed by atoms with Crippen molar-refractivity contribution < 1.29 is 22.7 Å². The third-order valence-electron chi connectivity index (χ3n) is 2.97. The summed E-state index contributed by atoms with van der Waals surface area (Å²) in [5, 5.41) is 0.653. The number of ether oxygens (including phenoxy) is 1. The van der Waals surface area contributed by atoms with E-state index in [4.69, 9.17) is 4.74 Å². The van der Waals surface area contributed by atoms with Crippen LogP contribution in [0.25, 0.3) is 0 Å². The van der Waals surface area contributed by atoms with E-state index in [1.165, 1.54) is 12.1 Å². The maximum atomic E-state index is 13.9. The van der Waals surface area contributed by atoms with E-state index in [0.717, 1.165) is 24.3 Å². The molecule has 2 rings (SSSR count). The Kier molecular flexibility index (Phi) is 5.98. The Labute approximate surface area is 139 Å². The Morgan fingerprint density at radius 1 is 1.04 bits per heavy atom. The Morgan fingerprint density at radius 2 is 1.74 bits per heavy atom. The number of halogens is 4. The number of hydrogen-bond acceptors (Lipinski definition) is 2. The molecule has 0 saturated heterocycles. The molecule has 0 fully saturated rings. The summed E-state index contributed by atoms with van der Waals surface area (Å²) in [5.41, 5.74) is -0.865. The van der Waals surface area contributed by atoms with Crippen LogP contribution < -0.4 is 4.74 Å². The van der Waals surface area contributed by atoms with Crippen molar-refractivity contribution in [3.63, 3.8) is 0 Å². The summed E-state index contributed by atoms with van der Waals surface area (Å²) in [5.74, 6) is -3.73. The summed E-state index contributed by atoms with van der Waals surface area (Å²) >= 11 is 3.19. The van der Waals surface area contributed by atoms with Gasteiger partial charge in [0, 0.05) is 10.9 Å². The van der Waals surface area contributed by atoms with Crippen molar-refractivity contribution in [3.05, 3.63) is 77.1 Å². The number of allylic oxidation sites excluding steroid dienone is 1. The van der Waals surface area contributed by atoms with E-state index in [2.05, 4.69) is 15.9 Å². The summed E-state index contributed by atoms with van der Waals surface area (Å²) in [4.78, 5) is 12.1. The highest BCUT2D eigenvalue weighted by molar-refractivity contribution is 9.09. The molecule has 0 aliphatic heterocycles. The SMILES string of the molecule is O=C(c1ccc(OCC=CCBr)c(F)c1)c1c(F)cccc1F. The minimum absolute atomic E-state index is 0.0465. The van der Waals surface area contributed by atoms with E-state index in [1.54, 1.807) is 12.2 Å². The highest BCUT2D eigenvalue weighted by Gasteiger charge is 2.20. The largest absolute Gasteiger partial charge is 0.486 e. The molecule has 0 heterocycles. The minimum Gasteiger partial charge on any atom is -0.486 e. The van der Waals surface area contributed by atoms with Crippen LogP contribution in [0.2, 0.25) is 0 Å². The first kappa shape index (κ1) is 17.3. The van der Waals surface area contributed by atoms with Gasteiger partial charge >= 0.3 is 0 Å². The molecule has 0 aliphatic carbocycles. The van der Waals surface area contributed by atoms with E-state index in [9.17, 15) is 18.0 Å². The van der Waals surface area contributed by atoms with Gasteiger partial charge in [-0.15, -0.1) is 0 Å². The van der Waals surface area contributed by atoms with Gasteiger partial charge in [-0.3, -0.25) is 4.79 Å². The van der Waals surface area contributed by atoms with E-state index < -0.39 is 28.8 Å². The average Bonchev–Trinajstić information content (AvgIpc) is 2.52. The number of hydrogen-bond donors (Lipinski definition) is 0. The first-order valence-electron chi connectivity index (χ1n) is 6.66. The minimum atomic E-state index is -0.990. The Morgan fingerprint density at radius 3 is 2.35 bits per heavy atom. The molecule has 6 heteroatoms. The molecule has 0 aromatic heterocycles. The van der Waals surface area contributed by atoms with Crippen LogP contribution in [0.3, 0.4) is 0 Å². The average molecular weight is 385 g/mol. The van der Waals surface area contributed by atoms with Gasteiger partial charge in [-0.2, -0.15) is 0 Å². The summed E-state index contributed by atoms with van der Waals surface area (Å²) in [7, 11) is 0. The van der Waals surface area contributed by atoms with Gasteiger partial charge in [-0.05, 0) is 30.3 Å². The van der Waals surface area contributed by atoms with E-state index in [1.807, 2.05) is 0 Å². The molecule has 0 radical (unpaired) electrons. The lowest BCUT2D eigenvalue weighted by atomic mass is 10.0. The fourth-order valence-corrected chi connectivity index (χ4v) is 2.15. The van der Waals surface area contributed by atoms with Gasteiger partial charge in [0.25, 0.3) is 0 Å². The molecule has 0 unspecified atom stereocenters. The quantitative estimate of drug-likeness (QED) is 0.411. The van der Waals surface area contributed by atoms with Crippen molar-refractivity contribution in [2.75, 3.05) is 11.9 Å². The molecule has 120 valence electrons. The Balaban J connectivity index is 2.23. The fourth-order valence-electron chi connectivity index (χ4n) is 1.89. The summed E-state index contributed by atoms with van der Waals surface area (Å²) in [6, 6.07) is 6.52. The van der Waals surface area contributed by atoms with Gasteiger partial charge in [0.15, 0.2) is 17.3 Å². The second kappa shape index (κ2) is 7.97. The molecule has 2 aromatic carbocycles. The summed E-state index contributed by atoms with van der Waals surface area (Å²) < 4.78 is 46.4. The number of benzene rings is 2. The smallest absolute Gasteiger partial charge is 0.199 e. The molecule has 23 heavy (non-hydrogen) atoms. The van der Waals surface area contributed by atoms with Gasteiger partial charge in [0.1, 0.15) is 18.2 Å². The topological polar surface area (TPSA) is 26.3 Å². The lowest BCUT2D eigenvalue weighted by Crippen LogP contribution is -2.08. The highest BCUT2D eigenvalue weighted by atomic mass is 79.9. The number of ketones is 1. The maximum absolute atomic E-state index is 13.9. The zero-order valence-electron chi connectivity index (χ0n) is 11.9. The molecular formula is C17H12BrF3O2. The molecular weight excluding hydrogens is 373 g/mol. The molecule has 0 amide bonds. The second-order valence-electron chi connectivity index (χ2n) is 4.51. The van der Waals surface area contributed by atoms with Crippen LogP contribution in [0.1, 0.15) is 15.9 Å². The highest BCUT2D eigenvalue weighted by Crippen LogP contribution is 2.22. The monoisotopic (exact) mass is 384 g/mol. The number of alkyl halides is 1. The van der Waals surface area contributed by atoms with Crippen LogP contribution >= 0.6 is 15.9 Å².